The van der Waals surface area contributed by atoms with E-state index in [1.54, 1.807) is 55.5 Å². The van der Waals surface area contributed by atoms with Gasteiger partial charge in [0, 0.05) is 6.54 Å². The number of sulfonamides is 1. The van der Waals surface area contributed by atoms with Gasteiger partial charge in [0.15, 0.2) is 0 Å². The van der Waals surface area contributed by atoms with Crippen LogP contribution in [0.3, 0.4) is 0 Å². The van der Waals surface area contributed by atoms with Crippen LogP contribution in [-0.4, -0.2) is 23.4 Å². The Labute approximate surface area is 181 Å². The van der Waals surface area contributed by atoms with Gasteiger partial charge in [-0.25, -0.2) is 25.9 Å². The van der Waals surface area contributed by atoms with E-state index < -0.39 is 25.7 Å². The molecule has 0 atom stereocenters. The van der Waals surface area contributed by atoms with E-state index in [9.17, 15) is 21.2 Å². The Morgan fingerprint density at radius 1 is 0.935 bits per heavy atom. The number of aryl methyl sites for hydroxylation is 3. The van der Waals surface area contributed by atoms with Gasteiger partial charge in [0.1, 0.15) is 5.82 Å². The van der Waals surface area contributed by atoms with Crippen molar-refractivity contribution in [1.29, 1.82) is 0 Å². The average molecular weight is 460 g/mol. The first-order valence-corrected chi connectivity index (χ1v) is 12.9. The molecule has 0 amide bonds. The van der Waals surface area contributed by atoms with Crippen molar-refractivity contribution in [2.24, 2.45) is 0 Å². The van der Waals surface area contributed by atoms with Crippen LogP contribution in [0, 0.1) is 12.7 Å². The molecule has 0 radical (unpaired) electrons. The van der Waals surface area contributed by atoms with Gasteiger partial charge in [-0.3, -0.25) is 0 Å². The van der Waals surface area contributed by atoms with Crippen LogP contribution in [0.1, 0.15) is 22.3 Å². The highest BCUT2D eigenvalue weighted by Gasteiger charge is 2.30. The molecule has 3 aromatic carbocycles. The highest BCUT2D eigenvalue weighted by molar-refractivity contribution is 7.92. The first-order chi connectivity index (χ1) is 14.7. The van der Waals surface area contributed by atoms with Crippen molar-refractivity contribution in [1.82, 2.24) is 4.72 Å². The topological polar surface area (TPSA) is 80.3 Å². The van der Waals surface area contributed by atoms with E-state index in [1.165, 1.54) is 12.1 Å². The molecule has 0 fully saturated rings. The number of sulfone groups is 1. The van der Waals surface area contributed by atoms with E-state index >= 15 is 0 Å². The lowest BCUT2D eigenvalue weighted by molar-refractivity contribution is 0.576. The lowest BCUT2D eigenvalue weighted by atomic mass is 10.0. The molecule has 8 heteroatoms. The zero-order chi connectivity index (χ0) is 22.2. The molecule has 0 unspecified atom stereocenters. The smallest absolute Gasteiger partial charge is 0.218 e. The quantitative estimate of drug-likeness (QED) is 0.632. The minimum atomic E-state index is -3.98. The van der Waals surface area contributed by atoms with Gasteiger partial charge in [-0.05, 0) is 66.6 Å². The van der Waals surface area contributed by atoms with Crippen molar-refractivity contribution in [3.8, 4) is 0 Å². The number of rotatable bonds is 5. The maximum Gasteiger partial charge on any atom is 0.240 e. The van der Waals surface area contributed by atoms with Crippen LogP contribution in [0.2, 0.25) is 0 Å². The zero-order valence-electron chi connectivity index (χ0n) is 16.9. The Morgan fingerprint density at radius 3 is 2.39 bits per heavy atom. The van der Waals surface area contributed by atoms with Crippen molar-refractivity contribution >= 4 is 19.9 Å². The molecule has 0 aromatic heterocycles. The Morgan fingerprint density at radius 2 is 1.61 bits per heavy atom. The van der Waals surface area contributed by atoms with Crippen LogP contribution < -0.4 is 4.72 Å². The molecular formula is C23H22FNO4S2. The summed E-state index contributed by atoms with van der Waals surface area (Å²) in [5.41, 5.74) is 2.21. The Kier molecular flexibility index (Phi) is 5.72. The first-order valence-electron chi connectivity index (χ1n) is 9.90. The monoisotopic (exact) mass is 459 g/mol. The molecule has 162 valence electrons. The van der Waals surface area contributed by atoms with E-state index in [0.717, 1.165) is 5.56 Å². The van der Waals surface area contributed by atoms with E-state index in [-0.39, 0.29) is 27.7 Å². The first kappa shape index (κ1) is 21.7. The SMILES string of the molecule is Cc1cc2c(cc1S(=O)(=O)NCCc1ccccc1F)S(=O)(=O)c1ccccc1CC2. The largest absolute Gasteiger partial charge is 0.240 e. The van der Waals surface area contributed by atoms with E-state index in [0.29, 0.717) is 29.5 Å². The van der Waals surface area contributed by atoms with Crippen LogP contribution in [0.15, 0.2) is 75.4 Å². The predicted octanol–water partition coefficient (Wildman–Crippen LogP) is 3.59. The lowest BCUT2D eigenvalue weighted by Crippen LogP contribution is -2.27. The van der Waals surface area contributed by atoms with Crippen molar-refractivity contribution in [3.63, 3.8) is 0 Å². The van der Waals surface area contributed by atoms with Crippen LogP contribution >= 0.6 is 0 Å². The molecule has 0 spiro atoms. The second-order valence-electron chi connectivity index (χ2n) is 7.58. The van der Waals surface area contributed by atoms with Crippen molar-refractivity contribution in [2.45, 2.75) is 40.9 Å². The molecular weight excluding hydrogens is 437 g/mol. The molecule has 1 N–H and O–H groups in total. The fourth-order valence-electron chi connectivity index (χ4n) is 3.92. The molecule has 5 nitrogen and oxygen atoms in total. The van der Waals surface area contributed by atoms with Gasteiger partial charge >= 0.3 is 0 Å². The number of halogens is 1. The maximum absolute atomic E-state index is 13.8. The number of benzene rings is 3. The molecule has 4 rings (SSSR count). The summed E-state index contributed by atoms with van der Waals surface area (Å²) in [6.07, 6.45) is 1.25. The lowest BCUT2D eigenvalue weighted by Gasteiger charge is -2.14. The van der Waals surface area contributed by atoms with E-state index in [4.69, 9.17) is 0 Å². The molecule has 0 saturated carbocycles. The third-order valence-electron chi connectivity index (χ3n) is 5.51. The second kappa shape index (κ2) is 8.18. The number of hydrogen-bond acceptors (Lipinski definition) is 4. The van der Waals surface area contributed by atoms with Gasteiger partial charge in [-0.2, -0.15) is 0 Å². The summed E-state index contributed by atoms with van der Waals surface area (Å²) in [5, 5.41) is 0. The van der Waals surface area contributed by atoms with Crippen LogP contribution in [-0.2, 0) is 39.1 Å². The standard InChI is InChI=1S/C23H22FNO4S2/c1-16-14-19-11-10-18-7-3-5-9-21(18)30(26,27)23(19)15-22(16)31(28,29)25-13-12-17-6-2-4-8-20(17)24/h2-9,14-15,25H,10-13H2,1H3. The number of hydrogen-bond donors (Lipinski definition) is 1. The van der Waals surface area contributed by atoms with Crippen LogP contribution in [0.4, 0.5) is 4.39 Å². The summed E-state index contributed by atoms with van der Waals surface area (Å²) in [7, 11) is -7.83. The average Bonchev–Trinajstić information content (AvgIpc) is 2.83. The van der Waals surface area contributed by atoms with Crippen molar-refractivity contribution < 1.29 is 21.2 Å². The molecule has 1 aliphatic heterocycles. The summed E-state index contributed by atoms with van der Waals surface area (Å²) < 4.78 is 68.7. The number of nitrogens with one attached hydrogen (secondary N) is 1. The molecule has 0 bridgehead atoms. The third kappa shape index (κ3) is 4.15. The molecule has 1 aliphatic rings. The normalized spacial score (nSPS) is 15.0. The molecule has 1 heterocycles. The minimum absolute atomic E-state index is 0.00459. The van der Waals surface area contributed by atoms with E-state index in [1.807, 2.05) is 0 Å². The summed E-state index contributed by atoms with van der Waals surface area (Å²) in [6.45, 7) is 1.64. The predicted molar refractivity (Wildman–Crippen MR) is 116 cm³/mol. The van der Waals surface area contributed by atoms with Gasteiger partial charge in [-0.1, -0.05) is 42.5 Å². The Balaban J connectivity index is 1.68. The van der Waals surface area contributed by atoms with Crippen LogP contribution in [0.5, 0.6) is 0 Å². The molecule has 31 heavy (non-hydrogen) atoms. The zero-order valence-corrected chi connectivity index (χ0v) is 18.6. The van der Waals surface area contributed by atoms with Gasteiger partial charge in [0.25, 0.3) is 0 Å². The highest BCUT2D eigenvalue weighted by atomic mass is 32.2. The second-order valence-corrected chi connectivity index (χ2v) is 11.2. The van der Waals surface area contributed by atoms with Crippen molar-refractivity contribution in [2.75, 3.05) is 6.54 Å². The van der Waals surface area contributed by atoms with Gasteiger partial charge in [-0.15, -0.1) is 0 Å². The summed E-state index contributed by atoms with van der Waals surface area (Å²) >= 11 is 0. The minimum Gasteiger partial charge on any atom is -0.218 e. The third-order valence-corrected chi connectivity index (χ3v) is 9.05. The highest BCUT2D eigenvalue weighted by Crippen LogP contribution is 2.34. The molecule has 3 aromatic rings. The fourth-order valence-corrected chi connectivity index (χ4v) is 7.07. The molecule has 0 saturated heterocycles. The summed E-state index contributed by atoms with van der Waals surface area (Å²) in [6, 6.07) is 15.9. The van der Waals surface area contributed by atoms with Gasteiger partial charge in [0.2, 0.25) is 19.9 Å². The Bertz CT molecular complexity index is 1370. The maximum atomic E-state index is 13.8. The fraction of sp³-hybridized carbons (Fsp3) is 0.217. The van der Waals surface area contributed by atoms with E-state index in [2.05, 4.69) is 4.72 Å². The number of fused-ring (bicyclic) bond motifs is 2. The van der Waals surface area contributed by atoms with Crippen molar-refractivity contribution in [3.05, 3.63) is 88.7 Å². The van der Waals surface area contributed by atoms with Crippen LogP contribution in [0.25, 0.3) is 0 Å². The van der Waals surface area contributed by atoms with Gasteiger partial charge < -0.3 is 0 Å². The Hall–Kier alpha value is -2.55. The summed E-state index contributed by atoms with van der Waals surface area (Å²) in [4.78, 5) is 0.161. The molecule has 0 aliphatic carbocycles. The summed E-state index contributed by atoms with van der Waals surface area (Å²) in [5.74, 6) is -0.396. The van der Waals surface area contributed by atoms with Gasteiger partial charge in [0.05, 0.1) is 14.7 Å².